The van der Waals surface area contributed by atoms with Crippen LogP contribution in [0.5, 0.6) is 0 Å². The minimum absolute atomic E-state index is 0.387. The van der Waals surface area contributed by atoms with Crippen molar-refractivity contribution in [2.24, 2.45) is 11.7 Å². The number of aliphatic hydroxyl groups is 1. The number of nitrogens with zero attached hydrogens (tertiary/aromatic N) is 2. The van der Waals surface area contributed by atoms with E-state index in [1.165, 1.54) is 12.8 Å². The van der Waals surface area contributed by atoms with Crippen LogP contribution in [-0.4, -0.2) is 28.8 Å². The smallest absolute Gasteiger partial charge is 0.133 e. The van der Waals surface area contributed by atoms with Gasteiger partial charge in [0.15, 0.2) is 0 Å². The van der Waals surface area contributed by atoms with Gasteiger partial charge in [0.2, 0.25) is 0 Å². The summed E-state index contributed by atoms with van der Waals surface area (Å²) in [5.74, 6) is 1.41. The molecule has 1 aliphatic carbocycles. The molecule has 2 atom stereocenters. The summed E-state index contributed by atoms with van der Waals surface area (Å²) in [6.45, 7) is 4.34. The Bertz CT molecular complexity index is 491. The summed E-state index contributed by atoms with van der Waals surface area (Å²) in [4.78, 5) is 7.03. The molecule has 1 saturated heterocycles. The second kappa shape index (κ2) is 5.34. The van der Waals surface area contributed by atoms with Crippen LogP contribution in [0.4, 0.5) is 5.82 Å². The molecule has 1 aromatic rings. The van der Waals surface area contributed by atoms with E-state index in [1.54, 1.807) is 0 Å². The Labute approximate surface area is 121 Å². The van der Waals surface area contributed by atoms with E-state index in [4.69, 9.17) is 10.7 Å². The summed E-state index contributed by atoms with van der Waals surface area (Å²) in [5, 5.41) is 10.8. The van der Waals surface area contributed by atoms with Crippen molar-refractivity contribution in [1.82, 2.24) is 4.98 Å². The normalized spacial score (nSPS) is 30.1. The van der Waals surface area contributed by atoms with Gasteiger partial charge in [-0.25, -0.2) is 4.98 Å². The second-order valence-corrected chi connectivity index (χ2v) is 6.38. The van der Waals surface area contributed by atoms with Crippen LogP contribution in [0, 0.1) is 12.8 Å². The predicted molar refractivity (Wildman–Crippen MR) is 80.6 cm³/mol. The molecule has 1 saturated carbocycles. The van der Waals surface area contributed by atoms with Gasteiger partial charge in [-0.1, -0.05) is 18.9 Å². The molecule has 0 bridgehead atoms. The molecule has 4 heteroatoms. The molecule has 2 fully saturated rings. The summed E-state index contributed by atoms with van der Waals surface area (Å²) in [6, 6.07) is 4.10. The number of aromatic nitrogens is 1. The van der Waals surface area contributed by atoms with E-state index in [1.807, 2.05) is 13.0 Å². The first-order valence-corrected chi connectivity index (χ1v) is 7.76. The van der Waals surface area contributed by atoms with Crippen LogP contribution in [0.15, 0.2) is 12.1 Å². The maximum Gasteiger partial charge on any atom is 0.133 e. The first-order valence-electron chi connectivity index (χ1n) is 7.76. The Morgan fingerprint density at radius 2 is 2.25 bits per heavy atom. The average Bonchev–Trinajstić information content (AvgIpc) is 2.46. The number of piperidine rings is 1. The van der Waals surface area contributed by atoms with Gasteiger partial charge in [-0.05, 0) is 32.3 Å². The third-order valence-electron chi connectivity index (χ3n) is 5.04. The predicted octanol–water partition coefficient (Wildman–Crippen LogP) is 1.98. The fourth-order valence-electron chi connectivity index (χ4n) is 3.77. The van der Waals surface area contributed by atoms with Crippen LogP contribution in [-0.2, 0) is 6.54 Å². The van der Waals surface area contributed by atoms with Gasteiger partial charge in [-0.3, -0.25) is 0 Å². The van der Waals surface area contributed by atoms with Crippen molar-refractivity contribution in [1.29, 1.82) is 0 Å². The lowest BCUT2D eigenvalue weighted by Gasteiger charge is -2.48. The highest BCUT2D eigenvalue weighted by Crippen LogP contribution is 2.41. The van der Waals surface area contributed by atoms with Crippen molar-refractivity contribution in [3.05, 3.63) is 23.4 Å². The number of hydrogen-bond acceptors (Lipinski definition) is 4. The topological polar surface area (TPSA) is 62.4 Å². The molecule has 3 rings (SSSR count). The molecule has 3 N–H and O–H groups in total. The third-order valence-corrected chi connectivity index (χ3v) is 5.04. The number of fused-ring (bicyclic) bond motifs is 1. The number of hydrogen-bond donors (Lipinski definition) is 2. The molecular formula is C16H25N3O. The summed E-state index contributed by atoms with van der Waals surface area (Å²) in [6.07, 6.45) is 5.38. The molecule has 2 heterocycles. The Morgan fingerprint density at radius 3 is 3.05 bits per heavy atom. The molecule has 110 valence electrons. The van der Waals surface area contributed by atoms with Crippen molar-refractivity contribution in [3.63, 3.8) is 0 Å². The Balaban J connectivity index is 1.84. The number of rotatable bonds is 2. The van der Waals surface area contributed by atoms with Crippen LogP contribution < -0.4 is 10.6 Å². The molecule has 2 unspecified atom stereocenters. The van der Waals surface area contributed by atoms with E-state index in [0.717, 1.165) is 49.4 Å². The molecule has 0 amide bonds. The van der Waals surface area contributed by atoms with E-state index >= 15 is 0 Å². The van der Waals surface area contributed by atoms with E-state index in [9.17, 15) is 5.11 Å². The Morgan fingerprint density at radius 1 is 1.40 bits per heavy atom. The van der Waals surface area contributed by atoms with Gasteiger partial charge in [0.25, 0.3) is 0 Å². The van der Waals surface area contributed by atoms with E-state index in [-0.39, 0.29) is 0 Å². The van der Waals surface area contributed by atoms with Gasteiger partial charge in [0.1, 0.15) is 5.82 Å². The van der Waals surface area contributed by atoms with E-state index < -0.39 is 5.60 Å². The van der Waals surface area contributed by atoms with Crippen molar-refractivity contribution in [2.45, 2.75) is 51.2 Å². The lowest BCUT2D eigenvalue weighted by atomic mass is 9.71. The minimum atomic E-state index is -0.429. The zero-order valence-corrected chi connectivity index (χ0v) is 12.3. The molecule has 1 aliphatic heterocycles. The zero-order chi connectivity index (χ0) is 14.2. The van der Waals surface area contributed by atoms with Gasteiger partial charge in [-0.2, -0.15) is 0 Å². The highest BCUT2D eigenvalue weighted by Gasteiger charge is 2.43. The van der Waals surface area contributed by atoms with E-state index in [0.29, 0.717) is 12.5 Å². The lowest BCUT2D eigenvalue weighted by molar-refractivity contribution is -0.0613. The van der Waals surface area contributed by atoms with Gasteiger partial charge >= 0.3 is 0 Å². The van der Waals surface area contributed by atoms with Crippen molar-refractivity contribution >= 4 is 5.82 Å². The fraction of sp³-hybridized carbons (Fsp3) is 0.688. The third kappa shape index (κ3) is 2.42. The SMILES string of the molecule is Cc1ccc(CN)c(N2CCC3(O)CCCCC3C2)n1. The summed E-state index contributed by atoms with van der Waals surface area (Å²) >= 11 is 0. The van der Waals surface area contributed by atoms with Crippen molar-refractivity contribution in [3.8, 4) is 0 Å². The van der Waals surface area contributed by atoms with Crippen LogP contribution in [0.3, 0.4) is 0 Å². The molecule has 1 aromatic heterocycles. The second-order valence-electron chi connectivity index (χ2n) is 6.38. The van der Waals surface area contributed by atoms with Crippen LogP contribution in [0.2, 0.25) is 0 Å². The Hall–Kier alpha value is -1.13. The molecule has 4 nitrogen and oxygen atoms in total. The molecule has 20 heavy (non-hydrogen) atoms. The maximum atomic E-state index is 10.8. The summed E-state index contributed by atoms with van der Waals surface area (Å²) < 4.78 is 0. The summed E-state index contributed by atoms with van der Waals surface area (Å²) in [7, 11) is 0. The van der Waals surface area contributed by atoms with E-state index in [2.05, 4.69) is 11.0 Å². The van der Waals surface area contributed by atoms with Crippen LogP contribution in [0.25, 0.3) is 0 Å². The largest absolute Gasteiger partial charge is 0.389 e. The first-order chi connectivity index (χ1) is 9.62. The van der Waals surface area contributed by atoms with Gasteiger partial charge in [-0.15, -0.1) is 0 Å². The number of anilines is 1. The lowest BCUT2D eigenvalue weighted by Crippen LogP contribution is -2.53. The monoisotopic (exact) mass is 275 g/mol. The highest BCUT2D eigenvalue weighted by molar-refractivity contribution is 5.48. The highest BCUT2D eigenvalue weighted by atomic mass is 16.3. The number of nitrogens with two attached hydrogens (primary N) is 1. The minimum Gasteiger partial charge on any atom is -0.389 e. The molecule has 2 aliphatic rings. The first kappa shape index (κ1) is 13.8. The van der Waals surface area contributed by atoms with Gasteiger partial charge in [0, 0.05) is 36.8 Å². The van der Waals surface area contributed by atoms with Crippen LogP contribution in [0.1, 0.15) is 43.4 Å². The van der Waals surface area contributed by atoms with Crippen molar-refractivity contribution in [2.75, 3.05) is 18.0 Å². The standard InChI is InChI=1S/C16H25N3O/c1-12-5-6-13(10-17)15(18-12)19-9-8-16(20)7-3-2-4-14(16)11-19/h5-6,14,20H,2-4,7-11,17H2,1H3. The quantitative estimate of drug-likeness (QED) is 0.866. The maximum absolute atomic E-state index is 10.8. The fourth-order valence-corrected chi connectivity index (χ4v) is 3.77. The Kier molecular flexibility index (Phi) is 3.69. The van der Waals surface area contributed by atoms with Gasteiger partial charge in [0.05, 0.1) is 5.60 Å². The number of aryl methyl sites for hydroxylation is 1. The number of pyridine rings is 1. The average molecular weight is 275 g/mol. The van der Waals surface area contributed by atoms with Gasteiger partial charge < -0.3 is 15.7 Å². The van der Waals surface area contributed by atoms with Crippen molar-refractivity contribution < 1.29 is 5.11 Å². The molecular weight excluding hydrogens is 250 g/mol. The zero-order valence-electron chi connectivity index (χ0n) is 12.3. The molecule has 0 aromatic carbocycles. The molecule has 0 radical (unpaired) electrons. The summed E-state index contributed by atoms with van der Waals surface area (Å²) in [5.41, 5.74) is 7.56. The van der Waals surface area contributed by atoms with Crippen LogP contribution >= 0.6 is 0 Å². The molecule has 0 spiro atoms.